The monoisotopic (exact) mass is 791 g/mol. The molecule has 0 radical (unpaired) electrons. The second kappa shape index (κ2) is 17.1. The van der Waals surface area contributed by atoms with Gasteiger partial charge in [-0.3, -0.25) is 0 Å². The third-order valence-electron chi connectivity index (χ3n) is 11.3. The summed E-state index contributed by atoms with van der Waals surface area (Å²) >= 11 is 0. The first-order chi connectivity index (χ1) is 30.6. The molecule has 292 valence electrons. The second-order valence-electron chi connectivity index (χ2n) is 15.4. The van der Waals surface area contributed by atoms with E-state index in [0.717, 1.165) is 94.5 Å². The van der Waals surface area contributed by atoms with Gasteiger partial charge < -0.3 is 5.41 Å². The molecule has 10 rings (SSSR count). The number of hydrogen-bond donors (Lipinski definition) is 1. The number of aromatic nitrogens is 2. The van der Waals surface area contributed by atoms with Gasteiger partial charge in [0.05, 0.1) is 17.1 Å². The topological polar surface area (TPSA) is 49.6 Å². The summed E-state index contributed by atoms with van der Waals surface area (Å²) in [6.07, 6.45) is 2.00. The standard InChI is InChI=1S/C59H41N3/c60-56(45-24-12-4-13-25-45)39-55(43-22-10-3-11-23-43)53-31-17-28-44-32-33-48(38-54(44)53)47-29-16-30-49(34-47)59-61-57(46-26-14-5-15-27-46)40-58(62-59)52-36-50(41-18-6-1-7-19-41)35-51(37-52)42-20-8-2-9-21-42/h1-40,60H/b55-39-,60-56?. The van der Waals surface area contributed by atoms with Gasteiger partial charge in [0.2, 0.25) is 0 Å². The van der Waals surface area contributed by atoms with E-state index in [2.05, 4.69) is 194 Å². The minimum atomic E-state index is 0.463. The van der Waals surface area contributed by atoms with E-state index in [0.29, 0.717) is 11.5 Å². The molecule has 10 aromatic rings. The average Bonchev–Trinajstić information content (AvgIpc) is 3.36. The average molecular weight is 792 g/mol. The van der Waals surface area contributed by atoms with E-state index in [1.807, 2.05) is 48.5 Å². The summed E-state index contributed by atoms with van der Waals surface area (Å²) < 4.78 is 0. The summed E-state index contributed by atoms with van der Waals surface area (Å²) in [5.74, 6) is 0.657. The van der Waals surface area contributed by atoms with Crippen molar-refractivity contribution in [3.8, 4) is 67.3 Å². The number of rotatable bonds is 10. The lowest BCUT2D eigenvalue weighted by Crippen LogP contribution is -1.98. The van der Waals surface area contributed by atoms with Crippen LogP contribution in [-0.2, 0) is 0 Å². The maximum Gasteiger partial charge on any atom is 0.160 e. The summed E-state index contributed by atoms with van der Waals surface area (Å²) in [6.45, 7) is 0. The molecule has 0 amide bonds. The molecule has 0 aliphatic carbocycles. The van der Waals surface area contributed by atoms with Gasteiger partial charge in [-0.2, -0.15) is 0 Å². The van der Waals surface area contributed by atoms with Crippen molar-refractivity contribution in [2.75, 3.05) is 0 Å². The van der Waals surface area contributed by atoms with Crippen LogP contribution >= 0.6 is 0 Å². The van der Waals surface area contributed by atoms with Crippen LogP contribution in [0.5, 0.6) is 0 Å². The molecule has 9 aromatic carbocycles. The van der Waals surface area contributed by atoms with E-state index in [-0.39, 0.29) is 0 Å². The van der Waals surface area contributed by atoms with Gasteiger partial charge in [-0.1, -0.05) is 200 Å². The van der Waals surface area contributed by atoms with Gasteiger partial charge in [-0.15, -0.1) is 0 Å². The van der Waals surface area contributed by atoms with Crippen LogP contribution in [0.25, 0.3) is 83.6 Å². The molecular formula is C59H41N3. The van der Waals surface area contributed by atoms with Crippen molar-refractivity contribution in [1.82, 2.24) is 9.97 Å². The van der Waals surface area contributed by atoms with Crippen LogP contribution in [0.1, 0.15) is 16.7 Å². The Morgan fingerprint density at radius 3 is 1.44 bits per heavy atom. The first-order valence-electron chi connectivity index (χ1n) is 20.9. The lowest BCUT2D eigenvalue weighted by molar-refractivity contribution is 1.18. The molecule has 0 atom stereocenters. The zero-order valence-electron chi connectivity index (χ0n) is 34.0. The molecule has 1 heterocycles. The minimum Gasteiger partial charge on any atom is -0.300 e. The van der Waals surface area contributed by atoms with Crippen molar-refractivity contribution in [1.29, 1.82) is 5.41 Å². The zero-order valence-corrected chi connectivity index (χ0v) is 34.0. The highest BCUT2D eigenvalue weighted by molar-refractivity contribution is 6.14. The molecule has 0 aliphatic heterocycles. The summed E-state index contributed by atoms with van der Waals surface area (Å²) in [5, 5.41) is 11.3. The first kappa shape index (κ1) is 38.0. The molecule has 0 fully saturated rings. The molecule has 0 bridgehead atoms. The number of nitrogens with one attached hydrogen (secondary N) is 1. The Bertz CT molecular complexity index is 3160. The van der Waals surface area contributed by atoms with Gasteiger partial charge in [0.1, 0.15) is 0 Å². The molecule has 0 aliphatic rings. The largest absolute Gasteiger partial charge is 0.300 e. The van der Waals surface area contributed by atoms with Crippen molar-refractivity contribution in [3.63, 3.8) is 0 Å². The van der Waals surface area contributed by atoms with Gasteiger partial charge in [-0.05, 0) is 109 Å². The van der Waals surface area contributed by atoms with Gasteiger partial charge in [0, 0.05) is 16.7 Å². The van der Waals surface area contributed by atoms with Crippen LogP contribution in [0.15, 0.2) is 243 Å². The quantitative estimate of drug-likeness (QED) is 0.140. The highest BCUT2D eigenvalue weighted by Crippen LogP contribution is 2.37. The van der Waals surface area contributed by atoms with Crippen molar-refractivity contribution in [2.24, 2.45) is 0 Å². The number of allylic oxidation sites excluding steroid dienone is 1. The van der Waals surface area contributed by atoms with Crippen molar-refractivity contribution in [2.45, 2.75) is 0 Å². The predicted molar refractivity (Wildman–Crippen MR) is 259 cm³/mol. The van der Waals surface area contributed by atoms with E-state index in [4.69, 9.17) is 15.4 Å². The number of benzene rings is 9. The van der Waals surface area contributed by atoms with Gasteiger partial charge >= 0.3 is 0 Å². The van der Waals surface area contributed by atoms with Gasteiger partial charge in [0.25, 0.3) is 0 Å². The number of nitrogens with zero attached hydrogens (tertiary/aromatic N) is 2. The molecule has 1 N–H and O–H groups in total. The fourth-order valence-electron chi connectivity index (χ4n) is 8.16. The molecule has 62 heavy (non-hydrogen) atoms. The number of hydrogen-bond acceptors (Lipinski definition) is 3. The molecule has 0 saturated heterocycles. The molecule has 3 nitrogen and oxygen atoms in total. The van der Waals surface area contributed by atoms with Gasteiger partial charge in [-0.25, -0.2) is 9.97 Å². The summed E-state index contributed by atoms with van der Waals surface area (Å²) in [7, 11) is 0. The van der Waals surface area contributed by atoms with Crippen LogP contribution in [0.4, 0.5) is 0 Å². The van der Waals surface area contributed by atoms with Gasteiger partial charge in [0.15, 0.2) is 5.82 Å². The first-order valence-corrected chi connectivity index (χ1v) is 20.9. The Labute approximate surface area is 362 Å². The fraction of sp³-hybridized carbons (Fsp3) is 0. The normalized spacial score (nSPS) is 11.4. The Morgan fingerprint density at radius 2 is 0.806 bits per heavy atom. The summed E-state index contributed by atoms with van der Waals surface area (Å²) in [5.41, 5.74) is 15.9. The molecule has 3 heteroatoms. The van der Waals surface area contributed by atoms with E-state index in [9.17, 15) is 0 Å². The summed E-state index contributed by atoms with van der Waals surface area (Å²) in [6, 6.07) is 82.2. The minimum absolute atomic E-state index is 0.463. The van der Waals surface area contributed by atoms with Crippen LogP contribution < -0.4 is 0 Å². The lowest BCUT2D eigenvalue weighted by Gasteiger charge is -2.15. The van der Waals surface area contributed by atoms with E-state index < -0.39 is 0 Å². The van der Waals surface area contributed by atoms with E-state index in [1.54, 1.807) is 0 Å². The molecule has 0 unspecified atom stereocenters. The Hall–Kier alpha value is -8.27. The van der Waals surface area contributed by atoms with E-state index in [1.165, 1.54) is 0 Å². The highest BCUT2D eigenvalue weighted by atomic mass is 14.9. The highest BCUT2D eigenvalue weighted by Gasteiger charge is 2.16. The molecular weight excluding hydrogens is 751 g/mol. The maximum absolute atomic E-state index is 9.10. The van der Waals surface area contributed by atoms with Crippen LogP contribution in [-0.4, -0.2) is 15.7 Å². The smallest absolute Gasteiger partial charge is 0.160 e. The fourth-order valence-corrected chi connectivity index (χ4v) is 8.16. The molecule has 1 aromatic heterocycles. The SMILES string of the molecule is N=C(/C=C(/c1ccccc1)c1cccc2ccc(-c3cccc(-c4nc(-c5ccccc5)cc(-c5cc(-c6ccccc6)cc(-c6ccccc6)c5)n4)c3)cc12)c1ccccc1. The summed E-state index contributed by atoms with van der Waals surface area (Å²) in [4.78, 5) is 10.6. The Kier molecular flexibility index (Phi) is 10.5. The van der Waals surface area contributed by atoms with Crippen molar-refractivity contribution >= 4 is 22.1 Å². The predicted octanol–water partition coefficient (Wildman–Crippen LogP) is 15.1. The molecule has 0 spiro atoms. The third-order valence-corrected chi connectivity index (χ3v) is 11.3. The lowest BCUT2D eigenvalue weighted by atomic mass is 9.90. The maximum atomic E-state index is 9.10. The van der Waals surface area contributed by atoms with Crippen LogP contribution in [0, 0.1) is 5.41 Å². The van der Waals surface area contributed by atoms with E-state index >= 15 is 0 Å². The van der Waals surface area contributed by atoms with Crippen molar-refractivity contribution in [3.05, 3.63) is 259 Å². The zero-order chi connectivity index (χ0) is 41.7. The third kappa shape index (κ3) is 8.03. The number of fused-ring (bicyclic) bond motifs is 1. The second-order valence-corrected chi connectivity index (χ2v) is 15.4. The molecule has 0 saturated carbocycles. The van der Waals surface area contributed by atoms with Crippen molar-refractivity contribution < 1.29 is 0 Å². The Balaban J connectivity index is 1.10. The van der Waals surface area contributed by atoms with Crippen LogP contribution in [0.2, 0.25) is 0 Å². The Morgan fingerprint density at radius 1 is 0.339 bits per heavy atom. The van der Waals surface area contributed by atoms with Crippen LogP contribution in [0.3, 0.4) is 0 Å².